The Hall–Kier alpha value is -2.42. The van der Waals surface area contributed by atoms with Crippen LogP contribution >= 0.6 is 11.3 Å². The minimum atomic E-state index is -1.14. The molecular formula is C23H28N4O2S2. The molecule has 8 heteroatoms. The lowest BCUT2D eigenvalue weighted by Gasteiger charge is -2.19. The van der Waals surface area contributed by atoms with Crippen LogP contribution in [0, 0.1) is 0 Å². The van der Waals surface area contributed by atoms with Gasteiger partial charge in [-0.25, -0.2) is 13.5 Å². The van der Waals surface area contributed by atoms with Crippen molar-refractivity contribution in [2.75, 3.05) is 18.4 Å². The van der Waals surface area contributed by atoms with Gasteiger partial charge in [0.2, 0.25) is 5.91 Å². The molecule has 0 aliphatic carbocycles. The maximum absolute atomic E-state index is 12.8. The highest BCUT2D eigenvalue weighted by atomic mass is 32.2. The first kappa shape index (κ1) is 23.2. The predicted molar refractivity (Wildman–Crippen MR) is 127 cm³/mol. The van der Waals surface area contributed by atoms with Crippen molar-refractivity contribution >= 4 is 33.4 Å². The van der Waals surface area contributed by atoms with E-state index in [0.29, 0.717) is 18.0 Å². The summed E-state index contributed by atoms with van der Waals surface area (Å²) >= 11 is 1.41. The second kappa shape index (κ2) is 11.8. The number of benzene rings is 1. The standard InChI is InChI=1S/C23H28N4O2S2/c1-3-15-27(16-4-2)31(29)20-8-5-18(6-9-20)7-10-22(28)26-23-25-21(17-30-23)19-11-13-24-14-12-19/h5-6,8-9,11-14,17H,3-4,7,10,15-16H2,1-2H3,(H,25,26,28). The summed E-state index contributed by atoms with van der Waals surface area (Å²) < 4.78 is 14.8. The first-order chi connectivity index (χ1) is 15.1. The number of anilines is 1. The zero-order chi connectivity index (χ0) is 22.1. The van der Waals surface area contributed by atoms with E-state index in [0.717, 1.165) is 47.6 Å². The van der Waals surface area contributed by atoms with Gasteiger partial charge in [-0.2, -0.15) is 0 Å². The van der Waals surface area contributed by atoms with Gasteiger partial charge in [-0.1, -0.05) is 26.0 Å². The van der Waals surface area contributed by atoms with Gasteiger partial charge in [0, 0.05) is 42.8 Å². The molecule has 0 spiro atoms. The second-order valence-corrected chi connectivity index (χ2v) is 9.49. The number of carbonyl (C=O) groups is 1. The van der Waals surface area contributed by atoms with Gasteiger partial charge in [-0.05, 0) is 49.1 Å². The summed E-state index contributed by atoms with van der Waals surface area (Å²) in [7, 11) is -1.14. The van der Waals surface area contributed by atoms with Crippen molar-refractivity contribution < 1.29 is 9.00 Å². The summed E-state index contributed by atoms with van der Waals surface area (Å²) in [5.74, 6) is -0.0691. The number of thiazole rings is 1. The fraction of sp³-hybridized carbons (Fsp3) is 0.348. The zero-order valence-corrected chi connectivity index (χ0v) is 19.5. The molecule has 0 aliphatic heterocycles. The van der Waals surface area contributed by atoms with Crippen LogP contribution in [0.1, 0.15) is 38.7 Å². The van der Waals surface area contributed by atoms with Crippen molar-refractivity contribution in [2.24, 2.45) is 0 Å². The lowest BCUT2D eigenvalue weighted by atomic mass is 10.1. The SMILES string of the molecule is CCCN(CCC)S(=O)c1ccc(CCC(=O)Nc2nc(-c3ccncc3)cs2)cc1. The fourth-order valence-electron chi connectivity index (χ4n) is 3.12. The summed E-state index contributed by atoms with van der Waals surface area (Å²) in [6.07, 6.45) is 6.38. The molecule has 3 aromatic rings. The van der Waals surface area contributed by atoms with Crippen molar-refractivity contribution in [3.8, 4) is 11.3 Å². The molecule has 2 heterocycles. The van der Waals surface area contributed by atoms with Gasteiger partial charge in [0.1, 0.15) is 11.0 Å². The van der Waals surface area contributed by atoms with Crippen molar-refractivity contribution in [1.29, 1.82) is 0 Å². The number of pyridine rings is 1. The number of rotatable bonds is 11. The topological polar surface area (TPSA) is 75.2 Å². The second-order valence-electron chi connectivity index (χ2n) is 7.14. The van der Waals surface area contributed by atoms with Gasteiger partial charge in [-0.15, -0.1) is 11.3 Å². The monoisotopic (exact) mass is 456 g/mol. The molecule has 1 aromatic carbocycles. The molecule has 0 saturated carbocycles. The predicted octanol–water partition coefficient (Wildman–Crippen LogP) is 4.92. The van der Waals surface area contributed by atoms with Crippen LogP contribution in [0.5, 0.6) is 0 Å². The summed E-state index contributed by atoms with van der Waals surface area (Å²) in [6.45, 7) is 5.84. The van der Waals surface area contributed by atoms with Crippen molar-refractivity contribution in [3.05, 3.63) is 59.7 Å². The summed E-state index contributed by atoms with van der Waals surface area (Å²) in [5, 5.41) is 5.39. The van der Waals surface area contributed by atoms with E-state index in [-0.39, 0.29) is 5.91 Å². The van der Waals surface area contributed by atoms with E-state index in [1.165, 1.54) is 11.3 Å². The molecule has 1 unspecified atom stereocenters. The summed E-state index contributed by atoms with van der Waals surface area (Å²) in [4.78, 5) is 21.6. The molecule has 31 heavy (non-hydrogen) atoms. The van der Waals surface area contributed by atoms with Crippen LogP contribution in [0.4, 0.5) is 5.13 Å². The molecule has 1 N–H and O–H groups in total. The van der Waals surface area contributed by atoms with E-state index in [2.05, 4.69) is 29.1 Å². The Bertz CT molecular complexity index is 984. The maximum atomic E-state index is 12.8. The zero-order valence-electron chi connectivity index (χ0n) is 17.9. The summed E-state index contributed by atoms with van der Waals surface area (Å²) in [5.41, 5.74) is 2.84. The van der Waals surface area contributed by atoms with E-state index in [9.17, 15) is 9.00 Å². The lowest BCUT2D eigenvalue weighted by molar-refractivity contribution is -0.116. The van der Waals surface area contributed by atoms with Gasteiger partial charge < -0.3 is 5.32 Å². The molecule has 0 radical (unpaired) electrons. The highest BCUT2D eigenvalue weighted by Gasteiger charge is 2.14. The molecule has 0 bridgehead atoms. The molecule has 3 rings (SSSR count). The Morgan fingerprint density at radius 3 is 2.39 bits per heavy atom. The van der Waals surface area contributed by atoms with Crippen LogP contribution in [0.3, 0.4) is 0 Å². The van der Waals surface area contributed by atoms with Gasteiger partial charge in [-0.3, -0.25) is 9.78 Å². The Balaban J connectivity index is 1.51. The molecular weight excluding hydrogens is 428 g/mol. The third kappa shape index (κ3) is 6.78. The van der Waals surface area contributed by atoms with E-state index >= 15 is 0 Å². The first-order valence-electron chi connectivity index (χ1n) is 10.5. The van der Waals surface area contributed by atoms with Crippen molar-refractivity contribution in [3.63, 3.8) is 0 Å². The van der Waals surface area contributed by atoms with Crippen LogP contribution in [-0.4, -0.2) is 37.5 Å². The number of hydrogen-bond donors (Lipinski definition) is 1. The highest BCUT2D eigenvalue weighted by Crippen LogP contribution is 2.24. The van der Waals surface area contributed by atoms with Crippen LogP contribution in [0.15, 0.2) is 59.1 Å². The number of carbonyl (C=O) groups excluding carboxylic acids is 1. The van der Waals surface area contributed by atoms with E-state index in [1.807, 2.05) is 46.1 Å². The third-order valence-electron chi connectivity index (χ3n) is 4.67. The molecule has 1 amide bonds. The molecule has 0 saturated heterocycles. The van der Waals surface area contributed by atoms with Gasteiger partial charge in [0.25, 0.3) is 0 Å². The number of nitrogens with zero attached hydrogens (tertiary/aromatic N) is 3. The number of aryl methyl sites for hydroxylation is 1. The molecule has 0 fully saturated rings. The normalized spacial score (nSPS) is 12.1. The van der Waals surface area contributed by atoms with Gasteiger partial charge >= 0.3 is 0 Å². The smallest absolute Gasteiger partial charge is 0.226 e. The van der Waals surface area contributed by atoms with E-state index in [4.69, 9.17) is 0 Å². The summed E-state index contributed by atoms with van der Waals surface area (Å²) in [6, 6.07) is 11.5. The Morgan fingerprint density at radius 1 is 1.06 bits per heavy atom. The van der Waals surface area contributed by atoms with Crippen LogP contribution < -0.4 is 5.32 Å². The number of nitrogens with one attached hydrogen (secondary N) is 1. The lowest BCUT2D eigenvalue weighted by Crippen LogP contribution is -2.27. The Morgan fingerprint density at radius 2 is 1.74 bits per heavy atom. The molecule has 2 aromatic heterocycles. The first-order valence-corrected chi connectivity index (χ1v) is 12.5. The van der Waals surface area contributed by atoms with Crippen molar-refractivity contribution in [1.82, 2.24) is 14.3 Å². The molecule has 164 valence electrons. The Kier molecular flexibility index (Phi) is 8.87. The van der Waals surface area contributed by atoms with Crippen LogP contribution in [0.2, 0.25) is 0 Å². The number of hydrogen-bond acceptors (Lipinski definition) is 5. The average molecular weight is 457 g/mol. The highest BCUT2D eigenvalue weighted by molar-refractivity contribution is 7.82. The van der Waals surface area contributed by atoms with Crippen LogP contribution in [0.25, 0.3) is 11.3 Å². The largest absolute Gasteiger partial charge is 0.302 e. The third-order valence-corrected chi connectivity index (χ3v) is 6.94. The molecule has 1 atom stereocenters. The fourth-order valence-corrected chi connectivity index (χ4v) is 5.22. The molecule has 0 aliphatic rings. The number of amides is 1. The quantitative estimate of drug-likeness (QED) is 0.444. The number of aromatic nitrogens is 2. The minimum Gasteiger partial charge on any atom is -0.302 e. The minimum absolute atomic E-state index is 0.0691. The molecule has 6 nitrogen and oxygen atoms in total. The van der Waals surface area contributed by atoms with Crippen LogP contribution in [-0.2, 0) is 22.2 Å². The van der Waals surface area contributed by atoms with E-state index < -0.39 is 11.0 Å². The Labute approximate surface area is 190 Å². The van der Waals surface area contributed by atoms with Gasteiger partial charge in [0.05, 0.1) is 10.6 Å². The van der Waals surface area contributed by atoms with Gasteiger partial charge in [0.15, 0.2) is 5.13 Å². The maximum Gasteiger partial charge on any atom is 0.226 e. The van der Waals surface area contributed by atoms with Crippen molar-refractivity contribution in [2.45, 2.75) is 44.4 Å². The van der Waals surface area contributed by atoms with E-state index in [1.54, 1.807) is 12.4 Å². The average Bonchev–Trinajstić information content (AvgIpc) is 3.26.